The molecular weight excluding hydrogens is 502 g/mol. The average molecular weight is 532 g/mol. The van der Waals surface area contributed by atoms with Gasteiger partial charge in [0.1, 0.15) is 19.0 Å². The molecule has 39 heavy (non-hydrogen) atoms. The molecule has 0 fully saturated rings. The molecule has 0 spiro atoms. The van der Waals surface area contributed by atoms with Gasteiger partial charge in [-0.25, -0.2) is 4.79 Å². The van der Waals surface area contributed by atoms with E-state index in [0.717, 1.165) is 5.56 Å². The van der Waals surface area contributed by atoms with Crippen LogP contribution < -0.4 is 23.7 Å². The number of ether oxygens (including phenoxy) is 6. The molecule has 0 N–H and O–H groups in total. The Bertz CT molecular complexity index is 1510. The maximum absolute atomic E-state index is 13.3. The molecule has 1 heterocycles. The van der Waals surface area contributed by atoms with E-state index in [9.17, 15) is 9.59 Å². The number of methoxy groups -OCH3 is 4. The molecular formula is C30H29NO8. The van der Waals surface area contributed by atoms with Gasteiger partial charge in [0.2, 0.25) is 0 Å². The lowest BCUT2D eigenvalue weighted by molar-refractivity contribution is 0.0472. The van der Waals surface area contributed by atoms with Crippen LogP contribution in [0.2, 0.25) is 0 Å². The minimum Gasteiger partial charge on any atom is -0.493 e. The molecule has 0 radical (unpaired) electrons. The van der Waals surface area contributed by atoms with E-state index in [1.807, 2.05) is 12.1 Å². The molecule has 0 aliphatic rings. The molecule has 0 amide bonds. The second kappa shape index (κ2) is 12.2. The van der Waals surface area contributed by atoms with Crippen molar-refractivity contribution in [3.05, 3.63) is 83.0 Å². The van der Waals surface area contributed by atoms with E-state index >= 15 is 0 Å². The highest BCUT2D eigenvalue weighted by molar-refractivity contribution is 6.13. The van der Waals surface area contributed by atoms with Crippen molar-refractivity contribution in [2.24, 2.45) is 0 Å². The van der Waals surface area contributed by atoms with Gasteiger partial charge in [-0.15, -0.1) is 0 Å². The first kappa shape index (κ1) is 27.3. The van der Waals surface area contributed by atoms with Crippen molar-refractivity contribution >= 4 is 22.7 Å². The fourth-order valence-corrected chi connectivity index (χ4v) is 4.08. The Morgan fingerprint density at radius 3 is 1.87 bits per heavy atom. The lowest BCUT2D eigenvalue weighted by atomic mass is 10.0. The van der Waals surface area contributed by atoms with Crippen LogP contribution in [-0.2, 0) is 18.0 Å². The number of nitrogens with zero attached hydrogens (tertiary/aromatic N) is 1. The summed E-state index contributed by atoms with van der Waals surface area (Å²) in [5.41, 5.74) is 2.37. The Hall–Kier alpha value is -4.79. The Balaban J connectivity index is 1.61. The fraction of sp³-hybridized carbons (Fsp3) is 0.233. The van der Waals surface area contributed by atoms with Gasteiger partial charge in [0, 0.05) is 11.6 Å². The highest BCUT2D eigenvalue weighted by Crippen LogP contribution is 2.31. The molecule has 0 aliphatic carbocycles. The van der Waals surface area contributed by atoms with Crippen molar-refractivity contribution in [1.82, 2.24) is 4.98 Å². The summed E-state index contributed by atoms with van der Waals surface area (Å²) in [4.78, 5) is 30.1. The number of rotatable bonds is 11. The van der Waals surface area contributed by atoms with Crippen molar-refractivity contribution in [3.8, 4) is 28.7 Å². The van der Waals surface area contributed by atoms with Gasteiger partial charge >= 0.3 is 5.97 Å². The first-order valence-corrected chi connectivity index (χ1v) is 12.0. The molecule has 0 bridgehead atoms. The summed E-state index contributed by atoms with van der Waals surface area (Å²) in [5, 5.41) is 0.449. The van der Waals surface area contributed by atoms with Gasteiger partial charge in [-0.05, 0) is 60.5 Å². The number of esters is 1. The van der Waals surface area contributed by atoms with Crippen molar-refractivity contribution in [3.63, 3.8) is 0 Å². The molecule has 0 saturated carbocycles. The number of Topliss-reactive ketones (excluding diaryl/α,β-unsaturated/α-hetero) is 1. The highest BCUT2D eigenvalue weighted by atomic mass is 16.5. The van der Waals surface area contributed by atoms with E-state index < -0.39 is 5.97 Å². The Kier molecular flexibility index (Phi) is 8.50. The van der Waals surface area contributed by atoms with Crippen LogP contribution in [0, 0.1) is 0 Å². The molecule has 4 aromatic rings. The maximum Gasteiger partial charge on any atom is 0.339 e. The minimum atomic E-state index is -0.653. The molecule has 1 aromatic heterocycles. The van der Waals surface area contributed by atoms with E-state index in [4.69, 9.17) is 28.4 Å². The van der Waals surface area contributed by atoms with Gasteiger partial charge in [0.25, 0.3) is 0 Å². The number of hydrogen-bond donors (Lipinski definition) is 0. The maximum atomic E-state index is 13.3. The lowest BCUT2D eigenvalue weighted by Gasteiger charge is -2.14. The monoisotopic (exact) mass is 531 g/mol. The Labute approximate surface area is 226 Å². The summed E-state index contributed by atoms with van der Waals surface area (Å²) in [7, 11) is 6.21. The van der Waals surface area contributed by atoms with Gasteiger partial charge in [0.05, 0.1) is 45.1 Å². The Morgan fingerprint density at radius 1 is 0.718 bits per heavy atom. The minimum absolute atomic E-state index is 0.0319. The van der Waals surface area contributed by atoms with Crippen molar-refractivity contribution < 1.29 is 38.0 Å². The van der Waals surface area contributed by atoms with Crippen LogP contribution in [0.15, 0.2) is 60.8 Å². The molecule has 9 nitrogen and oxygen atoms in total. The summed E-state index contributed by atoms with van der Waals surface area (Å²) in [5.74, 6) is 1.82. The van der Waals surface area contributed by atoms with Gasteiger partial charge in [-0.2, -0.15) is 0 Å². The third kappa shape index (κ3) is 6.04. The van der Waals surface area contributed by atoms with Gasteiger partial charge in [-0.1, -0.05) is 12.1 Å². The van der Waals surface area contributed by atoms with E-state index in [2.05, 4.69) is 4.98 Å². The van der Waals surface area contributed by atoms with Crippen LogP contribution >= 0.6 is 0 Å². The topological polar surface area (TPSA) is 102 Å². The lowest BCUT2D eigenvalue weighted by Crippen LogP contribution is -2.12. The zero-order chi connectivity index (χ0) is 27.9. The normalized spacial score (nSPS) is 10.6. The summed E-state index contributed by atoms with van der Waals surface area (Å²) in [6.07, 6.45) is 1.39. The average Bonchev–Trinajstić information content (AvgIpc) is 2.97. The van der Waals surface area contributed by atoms with Gasteiger partial charge in [0.15, 0.2) is 28.8 Å². The highest BCUT2D eigenvalue weighted by Gasteiger charge is 2.21. The molecule has 0 saturated heterocycles. The zero-order valence-electron chi connectivity index (χ0n) is 22.4. The van der Waals surface area contributed by atoms with Crippen molar-refractivity contribution in [2.45, 2.75) is 20.1 Å². The van der Waals surface area contributed by atoms with E-state index in [-0.39, 0.29) is 30.1 Å². The number of fused-ring (bicyclic) bond motifs is 1. The predicted molar refractivity (Wildman–Crippen MR) is 144 cm³/mol. The third-order valence-corrected chi connectivity index (χ3v) is 6.09. The summed E-state index contributed by atoms with van der Waals surface area (Å²) in [6, 6.07) is 15.9. The number of pyridine rings is 1. The van der Waals surface area contributed by atoms with Gasteiger partial charge < -0.3 is 28.4 Å². The zero-order valence-corrected chi connectivity index (χ0v) is 22.4. The molecule has 3 aromatic carbocycles. The summed E-state index contributed by atoms with van der Waals surface area (Å²) >= 11 is 0. The molecule has 9 heteroatoms. The summed E-state index contributed by atoms with van der Waals surface area (Å²) < 4.78 is 32.8. The van der Waals surface area contributed by atoms with Gasteiger partial charge in [-0.3, -0.25) is 9.78 Å². The van der Waals surface area contributed by atoms with Crippen LogP contribution in [0.5, 0.6) is 28.7 Å². The first-order valence-electron chi connectivity index (χ1n) is 12.0. The number of carbonyl (C=O) groups excluding carboxylic acids is 2. The number of aromatic nitrogens is 1. The molecule has 4 rings (SSSR count). The SMILES string of the molecule is COc1ccc(COC(=O)c2c(C(C)=O)cnc3ccc(OCc4ccc(OC)c(OC)c4)cc23)cc1OC. The Morgan fingerprint density at radius 2 is 1.31 bits per heavy atom. The van der Waals surface area contributed by atoms with Crippen LogP contribution in [-0.4, -0.2) is 45.2 Å². The second-order valence-electron chi connectivity index (χ2n) is 8.53. The third-order valence-electron chi connectivity index (χ3n) is 6.09. The first-order chi connectivity index (χ1) is 18.9. The largest absolute Gasteiger partial charge is 0.493 e. The van der Waals surface area contributed by atoms with Crippen molar-refractivity contribution in [1.29, 1.82) is 0 Å². The van der Waals surface area contributed by atoms with E-state index in [1.165, 1.54) is 20.2 Å². The number of carbonyl (C=O) groups is 2. The quantitative estimate of drug-likeness (QED) is 0.186. The number of benzene rings is 3. The molecule has 0 atom stereocenters. The second-order valence-corrected chi connectivity index (χ2v) is 8.53. The molecule has 0 aliphatic heterocycles. The van der Waals surface area contributed by atoms with Crippen molar-refractivity contribution in [2.75, 3.05) is 28.4 Å². The van der Waals surface area contributed by atoms with Crippen LogP contribution in [0.25, 0.3) is 10.9 Å². The molecule has 202 valence electrons. The van der Waals surface area contributed by atoms with E-state index in [0.29, 0.717) is 45.2 Å². The van der Waals surface area contributed by atoms with Crippen LogP contribution in [0.4, 0.5) is 0 Å². The smallest absolute Gasteiger partial charge is 0.339 e. The molecule has 0 unspecified atom stereocenters. The summed E-state index contributed by atoms with van der Waals surface area (Å²) in [6.45, 7) is 1.59. The number of ketones is 1. The van der Waals surface area contributed by atoms with E-state index in [1.54, 1.807) is 63.8 Å². The predicted octanol–water partition coefficient (Wildman–Crippen LogP) is 5.41. The fourth-order valence-electron chi connectivity index (χ4n) is 4.08. The number of hydrogen-bond acceptors (Lipinski definition) is 9. The van der Waals surface area contributed by atoms with Crippen LogP contribution in [0.1, 0.15) is 38.8 Å². The van der Waals surface area contributed by atoms with Crippen LogP contribution in [0.3, 0.4) is 0 Å². The standard InChI is InChI=1S/C30H29NO8/c1-18(32)23-15-31-24-9-8-21(38-16-19-6-10-25(34-2)27(12-19)36-4)14-22(24)29(23)30(33)39-17-20-7-11-26(35-3)28(13-20)37-5/h6-15H,16-17H2,1-5H3.